The van der Waals surface area contributed by atoms with Gasteiger partial charge in [0.15, 0.2) is 0 Å². The Kier molecular flexibility index (Phi) is 10.2. The fourth-order valence-electron chi connectivity index (χ4n) is 2.40. The van der Waals surface area contributed by atoms with E-state index in [0.717, 1.165) is 34.2 Å². The van der Waals surface area contributed by atoms with Crippen molar-refractivity contribution in [1.29, 1.82) is 0 Å². The summed E-state index contributed by atoms with van der Waals surface area (Å²) in [6, 6.07) is 20.7. The minimum atomic E-state index is 0.194. The topological polar surface area (TPSA) is 37.6 Å². The molecule has 0 aliphatic heterocycles. The normalized spacial score (nSPS) is 11.8. The first-order chi connectivity index (χ1) is 14.0. The van der Waals surface area contributed by atoms with E-state index in [0.29, 0.717) is 10.0 Å². The molecule has 1 aromatic heterocycles. The zero-order chi connectivity index (χ0) is 21.2. The van der Waals surface area contributed by atoms with Crippen molar-refractivity contribution < 1.29 is 13.1 Å². The second-order valence-corrected chi connectivity index (χ2v) is 8.39. The summed E-state index contributed by atoms with van der Waals surface area (Å²) in [6.07, 6.45) is 0. The average molecular weight is 509 g/mol. The molecule has 0 fully saturated rings. The number of rotatable bonds is 4. The van der Waals surface area contributed by atoms with Crippen molar-refractivity contribution in [3.8, 4) is 0 Å². The van der Waals surface area contributed by atoms with Crippen LogP contribution in [0.4, 0.5) is 11.4 Å². The number of pyridine rings is 1. The van der Waals surface area contributed by atoms with Gasteiger partial charge in [-0.25, -0.2) is 15.0 Å². The van der Waals surface area contributed by atoms with Crippen LogP contribution < -0.4 is 0 Å². The molecule has 0 radical (unpaired) electrons. The molecule has 0 aliphatic rings. The average Bonchev–Trinajstić information content (AvgIpc) is 2.72. The Morgan fingerprint density at radius 2 is 1.07 bits per heavy atom. The second kappa shape index (κ2) is 12.3. The molecule has 0 N–H and O–H groups in total. The van der Waals surface area contributed by atoms with Crippen LogP contribution in [-0.4, -0.2) is 16.4 Å². The van der Waals surface area contributed by atoms with Crippen LogP contribution in [0.15, 0.2) is 76.7 Å². The van der Waals surface area contributed by atoms with Crippen molar-refractivity contribution in [2.45, 2.75) is 13.8 Å². The molecule has 3 rings (SSSR count). The predicted octanol–water partition coefficient (Wildman–Crippen LogP) is 8.05. The van der Waals surface area contributed by atoms with Crippen molar-refractivity contribution in [2.24, 2.45) is 9.98 Å². The Morgan fingerprint density at radius 1 is 0.690 bits per heavy atom. The molecule has 2 aromatic carbocycles. The summed E-state index contributed by atoms with van der Waals surface area (Å²) >= 11 is 12.6. The van der Waals surface area contributed by atoms with Gasteiger partial charge in [-0.05, 0) is 50.2 Å². The second-order valence-electron chi connectivity index (χ2n) is 5.76. The summed E-state index contributed by atoms with van der Waals surface area (Å²) in [4.78, 5) is 13.9. The van der Waals surface area contributed by atoms with E-state index in [1.54, 1.807) is 0 Å². The Balaban J connectivity index is 0.000000941. The van der Waals surface area contributed by atoms with E-state index in [1.165, 1.54) is 0 Å². The van der Waals surface area contributed by atoms with Crippen LogP contribution in [-0.2, 0) is 13.1 Å². The maximum absolute atomic E-state index is 6.18. The minimum absolute atomic E-state index is 0.194. The molecular weight excluding hydrogens is 492 g/mol. The number of hydrogen-bond acceptors (Lipinski definition) is 3. The summed E-state index contributed by atoms with van der Waals surface area (Å²) in [5.41, 5.74) is 4.56. The molecule has 0 aliphatic carbocycles. The van der Waals surface area contributed by atoms with Crippen LogP contribution in [0.2, 0.25) is 10.0 Å². The molecule has 29 heavy (non-hydrogen) atoms. The van der Waals surface area contributed by atoms with Crippen LogP contribution in [0.5, 0.6) is 0 Å². The summed E-state index contributed by atoms with van der Waals surface area (Å²) in [6.45, 7) is 3.83. The van der Waals surface area contributed by atoms with E-state index in [9.17, 15) is 0 Å². The zero-order valence-corrected chi connectivity index (χ0v) is 19.7. The van der Waals surface area contributed by atoms with E-state index < -0.39 is 0 Å². The molecule has 0 saturated heterocycles. The van der Waals surface area contributed by atoms with Crippen LogP contribution in [0.1, 0.15) is 25.2 Å². The molecule has 3 aromatic rings. The van der Waals surface area contributed by atoms with Gasteiger partial charge in [0.25, 0.3) is 0 Å². The fraction of sp³-hybridized carbons (Fsp3) is 0.0952. The molecule has 1 heterocycles. The third kappa shape index (κ3) is 7.42. The standard InChI is InChI=1S/C21H17Cl2N3.2ClH.Fe/c1-14(24-20-10-5-3-8-16(20)22)18-12-7-13-19(26-18)15(2)25-21-11-6-4-9-17(21)23;;;/h3-13H,1-2H3;2*1H;/q;;;+2/p-2. The fourth-order valence-corrected chi connectivity index (χ4v) is 2.75. The molecule has 0 bridgehead atoms. The van der Waals surface area contributed by atoms with E-state index in [1.807, 2.05) is 80.6 Å². The number of benzene rings is 2. The predicted molar refractivity (Wildman–Crippen MR) is 123 cm³/mol. The van der Waals surface area contributed by atoms with Crippen molar-refractivity contribution in [3.63, 3.8) is 0 Å². The third-order valence-corrected chi connectivity index (χ3v) is 4.41. The van der Waals surface area contributed by atoms with Crippen LogP contribution in [0, 0.1) is 0 Å². The van der Waals surface area contributed by atoms with Crippen molar-refractivity contribution in [3.05, 3.63) is 88.2 Å². The van der Waals surface area contributed by atoms with Gasteiger partial charge in [-0.2, -0.15) is 0 Å². The Hall–Kier alpha value is -1.39. The molecule has 0 atom stereocenters. The number of halogens is 4. The van der Waals surface area contributed by atoms with E-state index in [-0.39, 0.29) is 13.1 Å². The quantitative estimate of drug-likeness (QED) is 0.259. The first-order valence-electron chi connectivity index (χ1n) is 8.39. The molecule has 0 spiro atoms. The van der Waals surface area contributed by atoms with Crippen LogP contribution >= 0.6 is 43.4 Å². The van der Waals surface area contributed by atoms with Crippen molar-refractivity contribution in [2.75, 3.05) is 0 Å². The number of aliphatic imine (C=N–C) groups is 2. The van der Waals surface area contributed by atoms with Gasteiger partial charge in [-0.15, -0.1) is 0 Å². The molecule has 152 valence electrons. The molecule has 3 nitrogen and oxygen atoms in total. The van der Waals surface area contributed by atoms with Gasteiger partial charge in [-0.1, -0.05) is 53.5 Å². The summed E-state index contributed by atoms with van der Waals surface area (Å²) in [7, 11) is 9.53. The first-order valence-corrected chi connectivity index (χ1v) is 12.2. The molecule has 0 unspecified atom stereocenters. The van der Waals surface area contributed by atoms with Crippen LogP contribution in [0.25, 0.3) is 0 Å². The summed E-state index contributed by atoms with van der Waals surface area (Å²) in [5.74, 6) is 0. The summed E-state index contributed by atoms with van der Waals surface area (Å²) in [5, 5.41) is 1.22. The monoisotopic (exact) mass is 507 g/mol. The van der Waals surface area contributed by atoms with Gasteiger partial charge < -0.3 is 0 Å². The third-order valence-electron chi connectivity index (χ3n) is 3.77. The van der Waals surface area contributed by atoms with Gasteiger partial charge >= 0.3 is 33.3 Å². The van der Waals surface area contributed by atoms with Gasteiger partial charge in [0.05, 0.1) is 44.2 Å². The zero-order valence-electron chi connectivity index (χ0n) is 15.6. The molecule has 0 amide bonds. The Labute approximate surface area is 195 Å². The van der Waals surface area contributed by atoms with Gasteiger partial charge in [0.2, 0.25) is 0 Å². The van der Waals surface area contributed by atoms with Gasteiger partial charge in [-0.3, -0.25) is 0 Å². The number of aromatic nitrogens is 1. The Bertz CT molecular complexity index is 945. The Morgan fingerprint density at radius 3 is 1.45 bits per heavy atom. The van der Waals surface area contributed by atoms with Crippen molar-refractivity contribution >= 4 is 66.2 Å². The molecular formula is C21H17Cl4FeN3. The summed E-state index contributed by atoms with van der Waals surface area (Å²) < 4.78 is 0. The maximum atomic E-state index is 6.18. The van der Waals surface area contributed by atoms with Gasteiger partial charge in [0, 0.05) is 0 Å². The number of para-hydroxylation sites is 2. The SMILES string of the molecule is CC(=Nc1ccccc1Cl)c1cccc(C(C)=Nc2ccccc2Cl)n1.[Cl][Fe][Cl]. The van der Waals surface area contributed by atoms with E-state index >= 15 is 0 Å². The van der Waals surface area contributed by atoms with E-state index in [4.69, 9.17) is 43.4 Å². The van der Waals surface area contributed by atoms with Crippen molar-refractivity contribution in [1.82, 2.24) is 4.98 Å². The molecule has 8 heteroatoms. The molecule has 0 saturated carbocycles. The van der Waals surface area contributed by atoms with E-state index in [2.05, 4.69) is 15.0 Å². The first kappa shape index (κ1) is 23.9. The number of hydrogen-bond donors (Lipinski definition) is 0. The van der Waals surface area contributed by atoms with Crippen LogP contribution in [0.3, 0.4) is 0 Å². The number of nitrogens with zero attached hydrogens (tertiary/aromatic N) is 3. The van der Waals surface area contributed by atoms with Gasteiger partial charge in [0.1, 0.15) is 0 Å².